The summed E-state index contributed by atoms with van der Waals surface area (Å²) < 4.78 is 0. The molecule has 8 atom stereocenters. The highest BCUT2D eigenvalue weighted by Crippen LogP contribution is 2.54. The van der Waals surface area contributed by atoms with Gasteiger partial charge in [-0.15, -0.1) is 0 Å². The summed E-state index contributed by atoms with van der Waals surface area (Å²) in [5.74, 6) is 4.91. The van der Waals surface area contributed by atoms with Gasteiger partial charge in [-0.05, 0) is 99.7 Å². The van der Waals surface area contributed by atoms with Gasteiger partial charge in [-0.2, -0.15) is 0 Å². The van der Waals surface area contributed by atoms with E-state index in [1.807, 2.05) is 0 Å². The van der Waals surface area contributed by atoms with E-state index in [0.29, 0.717) is 34.2 Å². The van der Waals surface area contributed by atoms with Gasteiger partial charge in [-0.3, -0.25) is 9.59 Å². The summed E-state index contributed by atoms with van der Waals surface area (Å²) in [6, 6.07) is 0. The highest BCUT2D eigenvalue weighted by molar-refractivity contribution is 5.78. The van der Waals surface area contributed by atoms with E-state index in [0.717, 1.165) is 36.5 Å². The quantitative estimate of drug-likeness (QED) is 0.463. The van der Waals surface area contributed by atoms with Crippen LogP contribution in [0.3, 0.4) is 0 Å². The molecular formula is C28H48O2. The summed E-state index contributed by atoms with van der Waals surface area (Å²) in [6.07, 6.45) is 15.6. The molecule has 0 saturated heterocycles. The van der Waals surface area contributed by atoms with Crippen molar-refractivity contribution in [3.8, 4) is 0 Å². The maximum atomic E-state index is 11.5. The van der Waals surface area contributed by atoms with Crippen LogP contribution in [0, 0.1) is 46.3 Å². The zero-order valence-electron chi connectivity index (χ0n) is 20.8. The van der Waals surface area contributed by atoms with E-state index >= 15 is 0 Å². The third-order valence-electron chi connectivity index (χ3n) is 10.3. The highest BCUT2D eigenvalue weighted by atomic mass is 16.1. The molecule has 0 spiro atoms. The molecule has 0 N–H and O–H groups in total. The summed E-state index contributed by atoms with van der Waals surface area (Å²) in [6.45, 7) is 13.3. The fourth-order valence-corrected chi connectivity index (χ4v) is 8.05. The second kappa shape index (κ2) is 9.45. The number of Topliss-reactive ketones (excluding diaryl/α,β-unsaturated/α-hetero) is 2. The van der Waals surface area contributed by atoms with Crippen LogP contribution in [0.5, 0.6) is 0 Å². The Morgan fingerprint density at radius 1 is 0.633 bits per heavy atom. The minimum atomic E-state index is 0.378. The lowest BCUT2D eigenvalue weighted by Crippen LogP contribution is -2.42. The third kappa shape index (κ3) is 5.04. The molecule has 4 aliphatic carbocycles. The molecule has 4 saturated carbocycles. The standard InChI is InChI=1S/2C14H24O/c2*1-10-5-4-7-14(3)8-6-12(11(2)15)9-13(10)14/h2*10,12-13H,4-9H2,1-3H3/t10-,12+,13-,14-;10-,12-,13+,14-/m11/s1. The van der Waals surface area contributed by atoms with Crippen LogP contribution in [-0.2, 0) is 9.59 Å². The van der Waals surface area contributed by atoms with Crippen molar-refractivity contribution in [1.82, 2.24) is 0 Å². The number of hydrogen-bond acceptors (Lipinski definition) is 2. The molecule has 0 radical (unpaired) electrons. The second-order valence-electron chi connectivity index (χ2n) is 12.4. The monoisotopic (exact) mass is 416 g/mol. The summed E-state index contributed by atoms with van der Waals surface area (Å²) in [5.41, 5.74) is 1.12. The average Bonchev–Trinajstić information content (AvgIpc) is 2.67. The molecule has 0 bridgehead atoms. The van der Waals surface area contributed by atoms with Crippen LogP contribution >= 0.6 is 0 Å². The summed E-state index contributed by atoms with van der Waals surface area (Å²) in [5, 5.41) is 0. The fraction of sp³-hybridized carbons (Fsp3) is 0.929. The Balaban J connectivity index is 0.000000171. The zero-order chi connectivity index (χ0) is 22.1. The van der Waals surface area contributed by atoms with Gasteiger partial charge in [-0.1, -0.05) is 53.4 Å². The van der Waals surface area contributed by atoms with E-state index in [2.05, 4.69) is 27.7 Å². The summed E-state index contributed by atoms with van der Waals surface area (Å²) in [7, 11) is 0. The van der Waals surface area contributed by atoms with Crippen LogP contribution in [0.25, 0.3) is 0 Å². The number of ketones is 2. The van der Waals surface area contributed by atoms with Gasteiger partial charge < -0.3 is 0 Å². The highest BCUT2D eigenvalue weighted by Gasteiger charge is 2.46. The Kier molecular flexibility index (Phi) is 7.56. The molecule has 30 heavy (non-hydrogen) atoms. The van der Waals surface area contributed by atoms with Crippen LogP contribution in [0.4, 0.5) is 0 Å². The van der Waals surface area contributed by atoms with Crippen LogP contribution in [-0.4, -0.2) is 11.6 Å². The molecule has 4 aliphatic rings. The molecule has 0 aromatic heterocycles. The largest absolute Gasteiger partial charge is 0.300 e. The first-order chi connectivity index (χ1) is 14.1. The number of carbonyl (C=O) groups excluding carboxylic acids is 2. The molecule has 172 valence electrons. The SMILES string of the molecule is CC(=O)[C@@H]1CC[C@@]2(C)CCC[C@@H](C)[C@@H]2C1.CC(=O)[C@H]1CC[C@@]2(C)CCC[C@@H](C)[C@H]2C1. The van der Waals surface area contributed by atoms with Crippen molar-refractivity contribution in [3.05, 3.63) is 0 Å². The Labute approximate surface area is 186 Å². The van der Waals surface area contributed by atoms with E-state index in [4.69, 9.17) is 0 Å². The minimum Gasteiger partial charge on any atom is -0.300 e. The minimum absolute atomic E-state index is 0.378. The van der Waals surface area contributed by atoms with E-state index in [9.17, 15) is 9.59 Å². The Hall–Kier alpha value is -0.660. The Morgan fingerprint density at radius 3 is 1.33 bits per heavy atom. The van der Waals surface area contributed by atoms with Crippen molar-refractivity contribution in [2.45, 2.75) is 119 Å². The normalized spacial score (nSPS) is 45.9. The molecule has 4 rings (SSSR count). The van der Waals surface area contributed by atoms with Crippen molar-refractivity contribution in [2.75, 3.05) is 0 Å². The average molecular weight is 417 g/mol. The summed E-state index contributed by atoms with van der Waals surface area (Å²) >= 11 is 0. The number of hydrogen-bond donors (Lipinski definition) is 0. The molecule has 0 aromatic carbocycles. The topological polar surface area (TPSA) is 34.1 Å². The van der Waals surface area contributed by atoms with Gasteiger partial charge in [0, 0.05) is 11.8 Å². The van der Waals surface area contributed by atoms with Crippen molar-refractivity contribution < 1.29 is 9.59 Å². The lowest BCUT2D eigenvalue weighted by Gasteiger charge is -2.50. The lowest BCUT2D eigenvalue weighted by atomic mass is 9.55. The number of carbonyl (C=O) groups is 2. The van der Waals surface area contributed by atoms with Crippen molar-refractivity contribution in [1.29, 1.82) is 0 Å². The van der Waals surface area contributed by atoms with E-state index in [-0.39, 0.29) is 0 Å². The first-order valence-electron chi connectivity index (χ1n) is 13.1. The van der Waals surface area contributed by atoms with Gasteiger partial charge in [0.25, 0.3) is 0 Å². The van der Waals surface area contributed by atoms with Gasteiger partial charge >= 0.3 is 0 Å². The van der Waals surface area contributed by atoms with Crippen LogP contribution in [0.15, 0.2) is 0 Å². The maximum absolute atomic E-state index is 11.5. The second-order valence-corrected chi connectivity index (χ2v) is 12.4. The molecule has 2 nitrogen and oxygen atoms in total. The molecule has 0 heterocycles. The summed E-state index contributed by atoms with van der Waals surface area (Å²) in [4.78, 5) is 23.0. The molecule has 0 aromatic rings. The van der Waals surface area contributed by atoms with Gasteiger partial charge in [0.15, 0.2) is 0 Å². The number of fused-ring (bicyclic) bond motifs is 2. The Bertz CT molecular complexity index is 570. The predicted molar refractivity (Wildman–Crippen MR) is 125 cm³/mol. The van der Waals surface area contributed by atoms with Crippen molar-refractivity contribution in [2.24, 2.45) is 46.3 Å². The molecule has 0 unspecified atom stereocenters. The molecule has 0 amide bonds. The zero-order valence-corrected chi connectivity index (χ0v) is 20.8. The fourth-order valence-electron chi connectivity index (χ4n) is 8.05. The third-order valence-corrected chi connectivity index (χ3v) is 10.3. The van der Waals surface area contributed by atoms with Crippen molar-refractivity contribution >= 4 is 11.6 Å². The first-order valence-corrected chi connectivity index (χ1v) is 13.1. The van der Waals surface area contributed by atoms with Gasteiger partial charge in [-0.25, -0.2) is 0 Å². The molecule has 4 fully saturated rings. The van der Waals surface area contributed by atoms with Crippen molar-refractivity contribution in [3.63, 3.8) is 0 Å². The van der Waals surface area contributed by atoms with Gasteiger partial charge in [0.1, 0.15) is 11.6 Å². The maximum Gasteiger partial charge on any atom is 0.132 e. The smallest absolute Gasteiger partial charge is 0.132 e. The van der Waals surface area contributed by atoms with Crippen LogP contribution in [0.2, 0.25) is 0 Å². The molecule has 2 heteroatoms. The predicted octanol–water partition coefficient (Wildman–Crippen LogP) is 7.64. The van der Waals surface area contributed by atoms with Gasteiger partial charge in [0.05, 0.1) is 0 Å². The van der Waals surface area contributed by atoms with Crippen LogP contribution in [0.1, 0.15) is 119 Å². The first kappa shape index (κ1) is 24.0. The lowest BCUT2D eigenvalue weighted by molar-refractivity contribution is -0.125. The van der Waals surface area contributed by atoms with E-state index in [1.54, 1.807) is 13.8 Å². The van der Waals surface area contributed by atoms with E-state index < -0.39 is 0 Å². The van der Waals surface area contributed by atoms with Gasteiger partial charge in [0.2, 0.25) is 0 Å². The molecule has 0 aliphatic heterocycles. The van der Waals surface area contributed by atoms with Crippen LogP contribution < -0.4 is 0 Å². The van der Waals surface area contributed by atoms with E-state index in [1.165, 1.54) is 64.2 Å². The Morgan fingerprint density at radius 2 is 1.00 bits per heavy atom. The number of rotatable bonds is 2. The molecular weight excluding hydrogens is 368 g/mol.